The molecule has 0 aliphatic rings. The van der Waals surface area contributed by atoms with Crippen LogP contribution in [0.15, 0.2) is 12.3 Å². The van der Waals surface area contributed by atoms with E-state index in [-0.39, 0.29) is 5.69 Å². The van der Waals surface area contributed by atoms with E-state index in [1.807, 2.05) is 0 Å². The number of imidazole rings is 1. The fourth-order valence-corrected chi connectivity index (χ4v) is 1.65. The van der Waals surface area contributed by atoms with Crippen LogP contribution in [0.2, 0.25) is 0 Å². The fraction of sp³-hybridized carbons (Fsp3) is 0.333. The first-order valence-corrected chi connectivity index (χ1v) is 5.68. The van der Waals surface area contributed by atoms with Gasteiger partial charge in [0.25, 0.3) is 0 Å². The first kappa shape index (κ1) is 15.3. The highest BCUT2D eigenvalue weighted by molar-refractivity contribution is 5.60. The number of aromatic amines is 1. The lowest BCUT2D eigenvalue weighted by Crippen LogP contribution is -2.10. The van der Waals surface area contributed by atoms with Gasteiger partial charge >= 0.3 is 12.4 Å². The number of nitrogens with zero attached hydrogens (tertiary/aromatic N) is 2. The Morgan fingerprint density at radius 3 is 2.05 bits per heavy atom. The van der Waals surface area contributed by atoms with Gasteiger partial charge in [0.15, 0.2) is 5.69 Å². The molecule has 2 heterocycles. The molecule has 21 heavy (non-hydrogen) atoms. The molecule has 3 nitrogen and oxygen atoms in total. The van der Waals surface area contributed by atoms with Gasteiger partial charge in [-0.3, -0.25) is 4.98 Å². The highest BCUT2D eigenvalue weighted by Gasteiger charge is 2.43. The minimum absolute atomic E-state index is 0.267. The van der Waals surface area contributed by atoms with E-state index >= 15 is 0 Å². The normalized spacial score (nSPS) is 12.8. The van der Waals surface area contributed by atoms with Crippen molar-refractivity contribution in [2.45, 2.75) is 26.2 Å². The van der Waals surface area contributed by atoms with E-state index < -0.39 is 29.6 Å². The zero-order chi connectivity index (χ0) is 16.0. The van der Waals surface area contributed by atoms with Crippen molar-refractivity contribution < 1.29 is 26.3 Å². The van der Waals surface area contributed by atoms with Crippen LogP contribution < -0.4 is 0 Å². The number of aromatic nitrogens is 3. The molecule has 0 aliphatic carbocycles. The number of hydrogen-bond donors (Lipinski definition) is 1. The van der Waals surface area contributed by atoms with Crippen LogP contribution in [0.4, 0.5) is 26.3 Å². The Kier molecular flexibility index (Phi) is 3.46. The van der Waals surface area contributed by atoms with Gasteiger partial charge in [-0.25, -0.2) is 4.98 Å². The van der Waals surface area contributed by atoms with Gasteiger partial charge in [0, 0.05) is 6.20 Å². The number of aryl methyl sites for hydroxylation is 2. The molecule has 0 aromatic carbocycles. The van der Waals surface area contributed by atoms with E-state index in [1.54, 1.807) is 13.8 Å². The molecule has 0 aliphatic heterocycles. The number of alkyl halides is 6. The molecule has 2 rings (SSSR count). The number of rotatable bonds is 1. The first-order valence-electron chi connectivity index (χ1n) is 5.68. The minimum atomic E-state index is -5.00. The molecule has 0 saturated carbocycles. The summed E-state index contributed by atoms with van der Waals surface area (Å²) in [5.41, 5.74) is -1.38. The van der Waals surface area contributed by atoms with Crippen LogP contribution in [-0.2, 0) is 12.4 Å². The third-order valence-corrected chi connectivity index (χ3v) is 2.87. The summed E-state index contributed by atoms with van der Waals surface area (Å²) < 4.78 is 76.2. The van der Waals surface area contributed by atoms with E-state index in [0.29, 0.717) is 11.1 Å². The molecule has 0 amide bonds. The molecule has 1 N–H and O–H groups in total. The summed E-state index contributed by atoms with van der Waals surface area (Å²) in [6.07, 6.45) is -8.71. The topological polar surface area (TPSA) is 41.6 Å². The van der Waals surface area contributed by atoms with E-state index in [2.05, 4.69) is 9.97 Å². The number of halogens is 6. The highest BCUT2D eigenvalue weighted by atomic mass is 19.4. The molecular weight excluding hydrogens is 300 g/mol. The third-order valence-electron chi connectivity index (χ3n) is 2.87. The minimum Gasteiger partial charge on any atom is -0.330 e. The molecule has 0 spiro atoms. The van der Waals surface area contributed by atoms with Gasteiger partial charge in [-0.15, -0.1) is 0 Å². The summed E-state index contributed by atoms with van der Waals surface area (Å²) >= 11 is 0. The SMILES string of the molecule is Cc1cnc(-c2nc(C(F)(F)F)[nH]c2C(F)(F)F)cc1C. The molecule has 0 saturated heterocycles. The van der Waals surface area contributed by atoms with Gasteiger partial charge in [-0.1, -0.05) is 0 Å². The number of nitrogens with one attached hydrogen (secondary N) is 1. The van der Waals surface area contributed by atoms with Crippen molar-refractivity contribution in [3.63, 3.8) is 0 Å². The van der Waals surface area contributed by atoms with Crippen LogP contribution in [0.5, 0.6) is 0 Å². The third kappa shape index (κ3) is 3.01. The second kappa shape index (κ2) is 4.74. The zero-order valence-electron chi connectivity index (χ0n) is 10.8. The Bertz CT molecular complexity index is 669. The molecule has 0 fully saturated rings. The van der Waals surface area contributed by atoms with E-state index in [0.717, 1.165) is 0 Å². The van der Waals surface area contributed by atoms with Crippen molar-refractivity contribution in [1.29, 1.82) is 0 Å². The molecule has 114 valence electrons. The molecule has 2 aromatic heterocycles. The Balaban J connectivity index is 2.66. The molecule has 2 aromatic rings. The molecule has 0 radical (unpaired) electrons. The smallest absolute Gasteiger partial charge is 0.330 e. The van der Waals surface area contributed by atoms with Crippen molar-refractivity contribution in [3.8, 4) is 11.4 Å². The van der Waals surface area contributed by atoms with Crippen molar-refractivity contribution in [2.24, 2.45) is 0 Å². The van der Waals surface area contributed by atoms with Gasteiger partial charge in [-0.2, -0.15) is 26.3 Å². The van der Waals surface area contributed by atoms with Crippen LogP contribution in [0.25, 0.3) is 11.4 Å². The maximum atomic E-state index is 12.8. The fourth-order valence-electron chi connectivity index (χ4n) is 1.65. The summed E-state index contributed by atoms with van der Waals surface area (Å²) in [4.78, 5) is 8.05. The van der Waals surface area contributed by atoms with E-state index in [1.165, 1.54) is 17.2 Å². The lowest BCUT2D eigenvalue weighted by molar-refractivity contribution is -0.149. The van der Waals surface area contributed by atoms with Gasteiger partial charge in [0.05, 0.1) is 5.69 Å². The monoisotopic (exact) mass is 309 g/mol. The van der Waals surface area contributed by atoms with Crippen molar-refractivity contribution in [1.82, 2.24) is 15.0 Å². The summed E-state index contributed by atoms with van der Waals surface area (Å²) in [5.74, 6) is -1.70. The van der Waals surface area contributed by atoms with Crippen molar-refractivity contribution >= 4 is 0 Å². The summed E-state index contributed by atoms with van der Waals surface area (Å²) in [6.45, 7) is 3.30. The number of pyridine rings is 1. The van der Waals surface area contributed by atoms with Crippen LogP contribution in [0, 0.1) is 13.8 Å². The Morgan fingerprint density at radius 2 is 1.57 bits per heavy atom. The summed E-state index contributed by atoms with van der Waals surface area (Å²) in [6, 6.07) is 1.26. The summed E-state index contributed by atoms with van der Waals surface area (Å²) in [5, 5.41) is 0. The maximum Gasteiger partial charge on any atom is 0.449 e. The average Bonchev–Trinajstić information content (AvgIpc) is 2.77. The maximum absolute atomic E-state index is 12.8. The second-order valence-electron chi connectivity index (χ2n) is 4.46. The van der Waals surface area contributed by atoms with Gasteiger partial charge in [0.1, 0.15) is 5.69 Å². The second-order valence-corrected chi connectivity index (χ2v) is 4.46. The van der Waals surface area contributed by atoms with E-state index in [9.17, 15) is 26.3 Å². The largest absolute Gasteiger partial charge is 0.449 e. The van der Waals surface area contributed by atoms with Crippen LogP contribution >= 0.6 is 0 Å². The lowest BCUT2D eigenvalue weighted by Gasteiger charge is -2.07. The molecule has 9 heteroatoms. The van der Waals surface area contributed by atoms with Gasteiger partial charge in [-0.05, 0) is 31.0 Å². The summed E-state index contributed by atoms with van der Waals surface area (Å²) in [7, 11) is 0. The van der Waals surface area contributed by atoms with Gasteiger partial charge in [0.2, 0.25) is 5.82 Å². The number of H-pyrrole nitrogens is 1. The van der Waals surface area contributed by atoms with Crippen molar-refractivity contribution in [3.05, 3.63) is 34.9 Å². The Labute approximate surface area is 115 Å². The standard InChI is InChI=1S/C12H9F6N3/c1-5-3-7(19-4-6(5)2)8-9(11(13,14)15)21-10(20-8)12(16,17)18/h3-4H,1-2H3,(H,20,21). The predicted molar refractivity (Wildman–Crippen MR) is 61.3 cm³/mol. The van der Waals surface area contributed by atoms with Crippen molar-refractivity contribution in [2.75, 3.05) is 0 Å². The predicted octanol–water partition coefficient (Wildman–Crippen LogP) is 4.13. The average molecular weight is 309 g/mol. The molecule has 0 bridgehead atoms. The zero-order valence-corrected chi connectivity index (χ0v) is 10.8. The lowest BCUT2D eigenvalue weighted by atomic mass is 10.1. The number of hydrogen-bond acceptors (Lipinski definition) is 2. The highest BCUT2D eigenvalue weighted by Crippen LogP contribution is 2.38. The van der Waals surface area contributed by atoms with Crippen LogP contribution in [-0.4, -0.2) is 15.0 Å². The van der Waals surface area contributed by atoms with Crippen LogP contribution in [0.1, 0.15) is 22.6 Å². The molecular formula is C12H9F6N3. The Hall–Kier alpha value is -2.06. The molecule has 0 unspecified atom stereocenters. The quantitative estimate of drug-likeness (QED) is 0.805. The molecule has 0 atom stereocenters. The van der Waals surface area contributed by atoms with E-state index in [4.69, 9.17) is 0 Å². The first-order chi connectivity index (χ1) is 9.50. The van der Waals surface area contributed by atoms with Crippen LogP contribution in [0.3, 0.4) is 0 Å². The van der Waals surface area contributed by atoms with Gasteiger partial charge < -0.3 is 4.98 Å². The Morgan fingerprint density at radius 1 is 0.952 bits per heavy atom.